The average Bonchev–Trinajstić information content (AvgIpc) is 2.87. The van der Waals surface area contributed by atoms with Crippen molar-refractivity contribution in [2.45, 2.75) is 19.7 Å². The number of hydrogen-bond acceptors (Lipinski definition) is 5. The van der Waals surface area contributed by atoms with Crippen molar-refractivity contribution in [2.24, 2.45) is 0 Å². The van der Waals surface area contributed by atoms with Crippen LogP contribution in [-0.2, 0) is 22.4 Å². The number of nitrogens with one attached hydrogen (secondary N) is 1. The average molecular weight is 563 g/mol. The number of imide groups is 2. The van der Waals surface area contributed by atoms with E-state index in [9.17, 15) is 31.9 Å². The van der Waals surface area contributed by atoms with Gasteiger partial charge in [0.1, 0.15) is 18.0 Å². The van der Waals surface area contributed by atoms with E-state index < -0.39 is 40.8 Å². The van der Waals surface area contributed by atoms with Gasteiger partial charge in [-0.25, -0.2) is 14.1 Å². The normalized spacial score (nSPS) is 15.0. The lowest BCUT2D eigenvalue weighted by atomic mass is 10.1. The summed E-state index contributed by atoms with van der Waals surface area (Å²) in [6.07, 6.45) is -3.61. The van der Waals surface area contributed by atoms with Crippen LogP contribution in [-0.4, -0.2) is 24.5 Å². The van der Waals surface area contributed by atoms with Gasteiger partial charge in [-0.05, 0) is 66.6 Å². The Hall–Kier alpha value is -4.38. The molecule has 202 valence electrons. The summed E-state index contributed by atoms with van der Waals surface area (Å²) < 4.78 is 64.2. The fraction of sp³-hybridized carbons (Fsp3) is 0.148. The number of halogens is 5. The van der Waals surface area contributed by atoms with Crippen LogP contribution in [0.15, 0.2) is 66.2 Å². The summed E-state index contributed by atoms with van der Waals surface area (Å²) in [5, 5.41) is 1.64. The summed E-state index contributed by atoms with van der Waals surface area (Å²) in [5.74, 6) is -2.00. The number of amides is 4. The van der Waals surface area contributed by atoms with Gasteiger partial charge in [0.2, 0.25) is 0 Å². The number of carbonyl (C=O) groups excluding carboxylic acids is 3. The summed E-state index contributed by atoms with van der Waals surface area (Å²) in [5.41, 5.74) is -1.19. The van der Waals surface area contributed by atoms with E-state index in [4.69, 9.17) is 21.1 Å². The molecule has 0 aliphatic carbocycles. The quantitative estimate of drug-likeness (QED) is 0.212. The fourth-order valence-electron chi connectivity index (χ4n) is 3.65. The minimum Gasteiger partial charge on any atom is -0.490 e. The second-order valence-corrected chi connectivity index (χ2v) is 8.58. The van der Waals surface area contributed by atoms with Crippen molar-refractivity contribution in [3.05, 3.63) is 93.8 Å². The number of carbonyl (C=O) groups is 3. The van der Waals surface area contributed by atoms with E-state index in [1.165, 1.54) is 30.3 Å². The lowest BCUT2D eigenvalue weighted by Gasteiger charge is -2.27. The van der Waals surface area contributed by atoms with E-state index in [2.05, 4.69) is 0 Å². The number of ether oxygens (including phenoxy) is 2. The zero-order chi connectivity index (χ0) is 28.3. The van der Waals surface area contributed by atoms with Gasteiger partial charge in [0.05, 0.1) is 22.9 Å². The molecule has 39 heavy (non-hydrogen) atoms. The zero-order valence-corrected chi connectivity index (χ0v) is 20.9. The second-order valence-electron chi connectivity index (χ2n) is 8.18. The molecule has 4 rings (SSSR count). The molecule has 1 N–H and O–H groups in total. The van der Waals surface area contributed by atoms with Gasteiger partial charge in [0, 0.05) is 0 Å². The highest BCUT2D eigenvalue weighted by atomic mass is 35.5. The highest BCUT2D eigenvalue weighted by Crippen LogP contribution is 2.37. The van der Waals surface area contributed by atoms with Crippen molar-refractivity contribution in [2.75, 3.05) is 11.5 Å². The van der Waals surface area contributed by atoms with Crippen LogP contribution < -0.4 is 19.7 Å². The molecule has 1 aliphatic rings. The third kappa shape index (κ3) is 6.20. The van der Waals surface area contributed by atoms with Crippen molar-refractivity contribution < 1.29 is 41.4 Å². The van der Waals surface area contributed by atoms with Gasteiger partial charge >= 0.3 is 12.2 Å². The van der Waals surface area contributed by atoms with Gasteiger partial charge in [-0.2, -0.15) is 13.2 Å². The minimum absolute atomic E-state index is 0.108. The van der Waals surface area contributed by atoms with Crippen molar-refractivity contribution in [1.29, 1.82) is 0 Å². The van der Waals surface area contributed by atoms with Gasteiger partial charge in [-0.1, -0.05) is 29.8 Å². The van der Waals surface area contributed by atoms with E-state index in [1.807, 2.05) is 5.32 Å². The molecule has 0 aromatic heterocycles. The summed E-state index contributed by atoms with van der Waals surface area (Å²) in [7, 11) is 0. The molecular formula is C27H19ClF4N2O5. The number of nitrogens with zero attached hydrogens (tertiary/aromatic N) is 1. The summed E-state index contributed by atoms with van der Waals surface area (Å²) in [4.78, 5) is 38.5. The van der Waals surface area contributed by atoms with E-state index in [0.717, 1.165) is 12.1 Å². The molecule has 1 aliphatic heterocycles. The third-order valence-corrected chi connectivity index (χ3v) is 5.82. The predicted octanol–water partition coefficient (Wildman–Crippen LogP) is 6.14. The Kier molecular flexibility index (Phi) is 7.91. The zero-order valence-electron chi connectivity index (χ0n) is 20.1. The number of anilines is 1. The first kappa shape index (κ1) is 27.6. The number of benzene rings is 3. The first-order valence-electron chi connectivity index (χ1n) is 11.4. The monoisotopic (exact) mass is 562 g/mol. The molecule has 3 aromatic carbocycles. The molecule has 3 aromatic rings. The Labute approximate surface area is 224 Å². The second kappa shape index (κ2) is 11.2. The van der Waals surface area contributed by atoms with Crippen LogP contribution in [0.1, 0.15) is 23.6 Å². The van der Waals surface area contributed by atoms with E-state index in [-0.39, 0.29) is 29.8 Å². The van der Waals surface area contributed by atoms with Crippen LogP contribution in [0.4, 0.5) is 28.0 Å². The standard InChI is InChI=1S/C27H19ClF4N2O5/c1-2-38-23-12-16(5-10-22(23)39-14-15-3-7-18(29)8-4-15)11-19-24(35)33-26(37)34(25(19)36)21-13-17(27(30,31)32)6-9-20(21)28/h3-13H,2,14H2,1H3,(H,33,35,37)/b19-11+. The summed E-state index contributed by atoms with van der Waals surface area (Å²) in [6.45, 7) is 2.09. The van der Waals surface area contributed by atoms with Crippen molar-refractivity contribution in [1.82, 2.24) is 5.32 Å². The van der Waals surface area contributed by atoms with Gasteiger partial charge in [0.25, 0.3) is 11.8 Å². The van der Waals surface area contributed by atoms with Crippen LogP contribution >= 0.6 is 11.6 Å². The first-order valence-corrected chi connectivity index (χ1v) is 11.8. The third-order valence-electron chi connectivity index (χ3n) is 5.50. The molecule has 0 unspecified atom stereocenters. The van der Waals surface area contributed by atoms with Crippen molar-refractivity contribution >= 4 is 41.2 Å². The molecule has 1 fully saturated rings. The maximum atomic E-state index is 13.2. The number of barbiturate groups is 1. The Balaban J connectivity index is 1.65. The minimum atomic E-state index is -4.76. The van der Waals surface area contributed by atoms with Gasteiger partial charge in [-0.15, -0.1) is 0 Å². The summed E-state index contributed by atoms with van der Waals surface area (Å²) in [6, 6.07) is 11.1. The molecule has 0 bridgehead atoms. The molecule has 0 spiro atoms. The van der Waals surface area contributed by atoms with E-state index >= 15 is 0 Å². The lowest BCUT2D eigenvalue weighted by Crippen LogP contribution is -2.54. The molecule has 0 atom stereocenters. The SMILES string of the molecule is CCOc1cc(/C=C2\C(=O)NC(=O)N(c3cc(C(F)(F)F)ccc3Cl)C2=O)ccc1OCc1ccc(F)cc1. The van der Waals surface area contributed by atoms with Gasteiger partial charge in [0.15, 0.2) is 11.5 Å². The smallest absolute Gasteiger partial charge is 0.416 e. The molecule has 1 heterocycles. The number of rotatable bonds is 7. The highest BCUT2D eigenvalue weighted by molar-refractivity contribution is 6.42. The predicted molar refractivity (Wildman–Crippen MR) is 134 cm³/mol. The maximum Gasteiger partial charge on any atom is 0.416 e. The van der Waals surface area contributed by atoms with Crippen molar-refractivity contribution in [3.63, 3.8) is 0 Å². The Morgan fingerprint density at radius 2 is 1.67 bits per heavy atom. The van der Waals surface area contributed by atoms with Crippen LogP contribution in [0, 0.1) is 5.82 Å². The summed E-state index contributed by atoms with van der Waals surface area (Å²) >= 11 is 6.01. The molecule has 7 nitrogen and oxygen atoms in total. The molecular weight excluding hydrogens is 544 g/mol. The highest BCUT2D eigenvalue weighted by Gasteiger charge is 2.39. The largest absolute Gasteiger partial charge is 0.490 e. The Morgan fingerprint density at radius 3 is 2.33 bits per heavy atom. The molecule has 0 saturated carbocycles. The van der Waals surface area contributed by atoms with E-state index in [0.29, 0.717) is 33.9 Å². The fourth-order valence-corrected chi connectivity index (χ4v) is 3.85. The van der Waals surface area contributed by atoms with Crippen LogP contribution in [0.2, 0.25) is 5.02 Å². The Bertz CT molecular complexity index is 1470. The van der Waals surface area contributed by atoms with Crippen LogP contribution in [0.25, 0.3) is 6.08 Å². The van der Waals surface area contributed by atoms with E-state index in [1.54, 1.807) is 19.1 Å². The number of alkyl halides is 3. The molecule has 0 radical (unpaired) electrons. The number of hydrogen-bond donors (Lipinski definition) is 1. The molecule has 12 heteroatoms. The molecule has 4 amide bonds. The Morgan fingerprint density at radius 1 is 0.949 bits per heavy atom. The number of urea groups is 1. The lowest BCUT2D eigenvalue weighted by molar-refractivity contribution is -0.137. The first-order chi connectivity index (χ1) is 18.5. The van der Waals surface area contributed by atoms with Crippen LogP contribution in [0.5, 0.6) is 11.5 Å². The van der Waals surface area contributed by atoms with Gasteiger partial charge < -0.3 is 9.47 Å². The van der Waals surface area contributed by atoms with Crippen LogP contribution in [0.3, 0.4) is 0 Å². The topological polar surface area (TPSA) is 84.9 Å². The van der Waals surface area contributed by atoms with Crippen molar-refractivity contribution in [3.8, 4) is 11.5 Å². The molecule has 1 saturated heterocycles. The van der Waals surface area contributed by atoms with Gasteiger partial charge in [-0.3, -0.25) is 14.9 Å². The maximum absolute atomic E-state index is 13.2.